The van der Waals surface area contributed by atoms with Crippen molar-refractivity contribution in [3.63, 3.8) is 0 Å². The fourth-order valence-electron chi connectivity index (χ4n) is 4.60. The van der Waals surface area contributed by atoms with Crippen LogP contribution in [0.4, 0.5) is 0 Å². The third-order valence-corrected chi connectivity index (χ3v) is 8.38. The van der Waals surface area contributed by atoms with Gasteiger partial charge >= 0.3 is 5.69 Å². The van der Waals surface area contributed by atoms with Gasteiger partial charge in [0.15, 0.2) is 0 Å². The van der Waals surface area contributed by atoms with Crippen LogP contribution < -0.4 is 5.69 Å². The van der Waals surface area contributed by atoms with Gasteiger partial charge in [0.25, 0.3) is 0 Å². The van der Waals surface area contributed by atoms with Gasteiger partial charge in [-0.15, -0.1) is 0 Å². The summed E-state index contributed by atoms with van der Waals surface area (Å²) in [6, 6.07) is 19.6. The molecule has 4 aromatic rings. The van der Waals surface area contributed by atoms with Gasteiger partial charge in [-0.2, -0.15) is 4.31 Å². The van der Waals surface area contributed by atoms with Crippen molar-refractivity contribution in [1.29, 1.82) is 0 Å². The Morgan fingerprint density at radius 3 is 2.28 bits per heavy atom. The number of aryl methyl sites for hydroxylation is 2. The lowest BCUT2D eigenvalue weighted by Crippen LogP contribution is -2.48. The number of fused-ring (bicyclic) bond motifs is 2. The Morgan fingerprint density at radius 1 is 0.812 bits per heavy atom. The van der Waals surface area contributed by atoms with Crippen LogP contribution in [0.15, 0.2) is 70.4 Å². The Bertz CT molecular complexity index is 1470. The molecule has 0 unspecified atom stereocenters. The Hall–Kier alpha value is -2.94. The Balaban J connectivity index is 1.34. The lowest BCUT2D eigenvalue weighted by atomic mass is 10.0. The Kier molecular flexibility index (Phi) is 5.16. The summed E-state index contributed by atoms with van der Waals surface area (Å²) in [4.78, 5) is 14.7. The first-order valence-electron chi connectivity index (χ1n) is 10.7. The minimum Gasteiger partial charge on any atom is -0.296 e. The van der Waals surface area contributed by atoms with E-state index in [-0.39, 0.29) is 10.6 Å². The van der Waals surface area contributed by atoms with Crippen molar-refractivity contribution in [1.82, 2.24) is 18.3 Å². The number of sulfonamides is 1. The molecule has 32 heavy (non-hydrogen) atoms. The maximum absolute atomic E-state index is 13.3. The molecule has 1 aliphatic heterocycles. The molecule has 0 saturated carbocycles. The molecular formula is C24H26N4O3S. The number of hydrogen-bond donors (Lipinski definition) is 0. The number of nitrogens with zero attached hydrogens (tertiary/aromatic N) is 4. The predicted octanol–water partition coefficient (Wildman–Crippen LogP) is 2.54. The van der Waals surface area contributed by atoms with E-state index in [0.29, 0.717) is 31.7 Å². The van der Waals surface area contributed by atoms with Crippen molar-refractivity contribution in [3.8, 4) is 0 Å². The smallest absolute Gasteiger partial charge is 0.296 e. The summed E-state index contributed by atoms with van der Waals surface area (Å²) < 4.78 is 31.1. The molecule has 7 nitrogen and oxygen atoms in total. The zero-order valence-electron chi connectivity index (χ0n) is 18.2. The van der Waals surface area contributed by atoms with Crippen molar-refractivity contribution < 1.29 is 8.42 Å². The van der Waals surface area contributed by atoms with Gasteiger partial charge in [-0.25, -0.2) is 13.2 Å². The molecule has 1 aromatic heterocycles. The van der Waals surface area contributed by atoms with Gasteiger partial charge in [-0.1, -0.05) is 42.5 Å². The summed E-state index contributed by atoms with van der Waals surface area (Å²) in [7, 11) is -0.274. The quantitative estimate of drug-likeness (QED) is 0.479. The normalized spacial score (nSPS) is 16.2. The van der Waals surface area contributed by atoms with E-state index in [4.69, 9.17) is 0 Å². The molecule has 0 atom stereocenters. The monoisotopic (exact) mass is 450 g/mol. The van der Waals surface area contributed by atoms with Crippen LogP contribution in [-0.2, 0) is 30.7 Å². The zero-order chi connectivity index (χ0) is 22.5. The van der Waals surface area contributed by atoms with Crippen LogP contribution in [0.3, 0.4) is 0 Å². The zero-order valence-corrected chi connectivity index (χ0v) is 19.0. The van der Waals surface area contributed by atoms with Crippen molar-refractivity contribution in [2.45, 2.75) is 11.4 Å². The minimum absolute atomic E-state index is 0.170. The van der Waals surface area contributed by atoms with E-state index < -0.39 is 10.0 Å². The van der Waals surface area contributed by atoms with Gasteiger partial charge in [-0.05, 0) is 34.5 Å². The highest BCUT2D eigenvalue weighted by molar-refractivity contribution is 7.89. The Morgan fingerprint density at radius 2 is 1.50 bits per heavy atom. The van der Waals surface area contributed by atoms with E-state index in [1.807, 2.05) is 6.07 Å². The predicted molar refractivity (Wildman–Crippen MR) is 126 cm³/mol. The molecule has 0 radical (unpaired) electrons. The van der Waals surface area contributed by atoms with Crippen LogP contribution in [-0.4, -0.2) is 52.9 Å². The number of rotatable bonds is 4. The summed E-state index contributed by atoms with van der Waals surface area (Å²) in [5.74, 6) is 0. The summed E-state index contributed by atoms with van der Waals surface area (Å²) >= 11 is 0. The first-order chi connectivity index (χ1) is 15.4. The molecule has 5 rings (SSSR count). The van der Waals surface area contributed by atoms with Gasteiger partial charge in [0, 0.05) is 46.8 Å². The van der Waals surface area contributed by atoms with Gasteiger partial charge in [-0.3, -0.25) is 14.0 Å². The van der Waals surface area contributed by atoms with Crippen LogP contribution in [0.2, 0.25) is 0 Å². The highest BCUT2D eigenvalue weighted by Crippen LogP contribution is 2.24. The number of benzene rings is 3. The first kappa shape index (κ1) is 20.9. The van der Waals surface area contributed by atoms with E-state index in [9.17, 15) is 13.2 Å². The molecule has 0 N–H and O–H groups in total. The van der Waals surface area contributed by atoms with Crippen molar-refractivity contribution in [2.24, 2.45) is 14.1 Å². The third-order valence-electron chi connectivity index (χ3n) is 6.49. The molecule has 0 spiro atoms. The highest BCUT2D eigenvalue weighted by Gasteiger charge is 2.29. The average molecular weight is 451 g/mol. The highest BCUT2D eigenvalue weighted by atomic mass is 32.2. The molecule has 166 valence electrons. The van der Waals surface area contributed by atoms with Gasteiger partial charge < -0.3 is 0 Å². The maximum atomic E-state index is 13.3. The van der Waals surface area contributed by atoms with E-state index in [0.717, 1.165) is 12.1 Å². The van der Waals surface area contributed by atoms with Crippen molar-refractivity contribution >= 4 is 31.8 Å². The number of aromatic nitrogens is 2. The average Bonchev–Trinajstić information content (AvgIpc) is 3.03. The summed E-state index contributed by atoms with van der Waals surface area (Å²) in [6.07, 6.45) is 0. The molecular weight excluding hydrogens is 424 g/mol. The second kappa shape index (κ2) is 7.88. The number of piperazine rings is 1. The summed E-state index contributed by atoms with van der Waals surface area (Å²) in [5.41, 5.74) is 2.43. The van der Waals surface area contributed by atoms with Gasteiger partial charge in [0.05, 0.1) is 15.9 Å². The molecule has 1 aliphatic rings. The van der Waals surface area contributed by atoms with E-state index >= 15 is 0 Å². The summed E-state index contributed by atoms with van der Waals surface area (Å²) in [6.45, 7) is 3.04. The SMILES string of the molecule is Cn1c(=O)n(C)c2cc(S(=O)(=O)N3CCN(Cc4cccc5ccccc45)CC3)ccc21. The minimum atomic E-state index is -3.62. The molecule has 0 aliphatic carbocycles. The molecule has 1 saturated heterocycles. The largest absolute Gasteiger partial charge is 0.328 e. The maximum Gasteiger partial charge on any atom is 0.328 e. The van der Waals surface area contributed by atoms with Crippen LogP contribution in [0, 0.1) is 0 Å². The topological polar surface area (TPSA) is 67.5 Å². The van der Waals surface area contributed by atoms with Crippen LogP contribution >= 0.6 is 0 Å². The van der Waals surface area contributed by atoms with Crippen LogP contribution in [0.1, 0.15) is 5.56 Å². The second-order valence-electron chi connectivity index (χ2n) is 8.37. The lowest BCUT2D eigenvalue weighted by Gasteiger charge is -2.34. The summed E-state index contributed by atoms with van der Waals surface area (Å²) in [5, 5.41) is 2.46. The van der Waals surface area contributed by atoms with Crippen LogP contribution in [0.25, 0.3) is 21.8 Å². The molecule has 3 aromatic carbocycles. The molecule has 0 bridgehead atoms. The fourth-order valence-corrected chi connectivity index (χ4v) is 6.04. The fraction of sp³-hybridized carbons (Fsp3) is 0.292. The Labute approximate surface area is 187 Å². The van der Waals surface area contributed by atoms with E-state index in [1.54, 1.807) is 36.6 Å². The third kappa shape index (κ3) is 3.44. The van der Waals surface area contributed by atoms with E-state index in [1.165, 1.54) is 25.5 Å². The van der Waals surface area contributed by atoms with Gasteiger partial charge in [0.1, 0.15) is 0 Å². The van der Waals surface area contributed by atoms with E-state index in [2.05, 4.69) is 41.3 Å². The van der Waals surface area contributed by atoms with Crippen molar-refractivity contribution in [2.75, 3.05) is 26.2 Å². The molecule has 8 heteroatoms. The standard InChI is InChI=1S/C24H26N4O3S/c1-25-22-11-10-20(16-23(22)26(2)24(25)29)32(30,31)28-14-12-27(13-15-28)17-19-8-5-7-18-6-3-4-9-21(18)19/h3-11,16H,12-15,17H2,1-2H3. The lowest BCUT2D eigenvalue weighted by molar-refractivity contribution is 0.182. The first-order valence-corrected chi connectivity index (χ1v) is 12.1. The molecule has 2 heterocycles. The van der Waals surface area contributed by atoms with Crippen LogP contribution in [0.5, 0.6) is 0 Å². The molecule has 0 amide bonds. The molecule has 1 fully saturated rings. The number of imidazole rings is 1. The van der Waals surface area contributed by atoms with Gasteiger partial charge in [0.2, 0.25) is 10.0 Å². The number of hydrogen-bond acceptors (Lipinski definition) is 4. The van der Waals surface area contributed by atoms with Crippen molar-refractivity contribution in [3.05, 3.63) is 76.7 Å². The second-order valence-corrected chi connectivity index (χ2v) is 10.3.